The van der Waals surface area contributed by atoms with Crippen LogP contribution in [0.1, 0.15) is 31.2 Å². The predicted octanol–water partition coefficient (Wildman–Crippen LogP) is 3.46. The van der Waals surface area contributed by atoms with Crippen molar-refractivity contribution in [2.75, 3.05) is 7.11 Å². The van der Waals surface area contributed by atoms with Gasteiger partial charge in [-0.3, -0.25) is 0 Å². The molecule has 0 bridgehead atoms. The molecule has 1 saturated carbocycles. The number of methoxy groups -OCH3 is 1. The zero-order chi connectivity index (χ0) is 12.6. The molecule has 1 aromatic rings. The third kappa shape index (κ3) is 2.06. The maximum absolute atomic E-state index is 14.1. The normalized spacial score (nSPS) is 18.4. The molecular weight excluding hydrogens is 292 g/mol. The summed E-state index contributed by atoms with van der Waals surface area (Å²) in [6.07, 6.45) is 3.36. The van der Waals surface area contributed by atoms with Crippen molar-refractivity contribution < 1.29 is 13.5 Å². The van der Waals surface area contributed by atoms with Crippen LogP contribution in [-0.4, -0.2) is 7.11 Å². The van der Waals surface area contributed by atoms with Crippen molar-refractivity contribution in [2.24, 2.45) is 5.73 Å². The van der Waals surface area contributed by atoms with Crippen molar-refractivity contribution in [1.82, 2.24) is 0 Å². The Morgan fingerprint density at radius 1 is 1.29 bits per heavy atom. The van der Waals surface area contributed by atoms with Crippen molar-refractivity contribution in [3.63, 3.8) is 0 Å². The Bertz CT molecular complexity index is 445. The summed E-state index contributed by atoms with van der Waals surface area (Å²) in [6, 6.07) is 1.43. The standard InChI is InChI=1S/C12H14BrF2NO/c1-17-11-9(14)7(6-8(13)10(11)15)12(16)4-2-3-5-12/h6H,2-5,16H2,1H3. The molecule has 0 unspecified atom stereocenters. The van der Waals surface area contributed by atoms with Gasteiger partial charge < -0.3 is 10.5 Å². The van der Waals surface area contributed by atoms with E-state index in [1.165, 1.54) is 13.2 Å². The minimum atomic E-state index is -0.727. The number of ether oxygens (including phenoxy) is 1. The Morgan fingerprint density at radius 2 is 1.88 bits per heavy atom. The smallest absolute Gasteiger partial charge is 0.191 e. The van der Waals surface area contributed by atoms with Gasteiger partial charge in [-0.25, -0.2) is 8.78 Å². The van der Waals surface area contributed by atoms with Crippen LogP contribution < -0.4 is 10.5 Å². The number of halogens is 3. The molecule has 0 spiro atoms. The van der Waals surface area contributed by atoms with Gasteiger partial charge in [0.1, 0.15) is 0 Å². The molecule has 2 rings (SSSR count). The van der Waals surface area contributed by atoms with Gasteiger partial charge in [0.25, 0.3) is 0 Å². The molecule has 0 aromatic heterocycles. The fraction of sp³-hybridized carbons (Fsp3) is 0.500. The molecule has 2 nitrogen and oxygen atoms in total. The van der Waals surface area contributed by atoms with Crippen LogP contribution in [0.2, 0.25) is 0 Å². The molecule has 17 heavy (non-hydrogen) atoms. The van der Waals surface area contributed by atoms with Gasteiger partial charge in [0, 0.05) is 11.1 Å². The van der Waals surface area contributed by atoms with E-state index in [1.807, 2.05) is 0 Å². The van der Waals surface area contributed by atoms with E-state index >= 15 is 0 Å². The summed E-state index contributed by atoms with van der Waals surface area (Å²) in [5.41, 5.74) is 5.82. The molecule has 5 heteroatoms. The van der Waals surface area contributed by atoms with E-state index in [-0.39, 0.29) is 10.2 Å². The van der Waals surface area contributed by atoms with Gasteiger partial charge in [-0.15, -0.1) is 0 Å². The number of benzene rings is 1. The van der Waals surface area contributed by atoms with E-state index in [4.69, 9.17) is 10.5 Å². The predicted molar refractivity (Wildman–Crippen MR) is 64.9 cm³/mol. The minimum Gasteiger partial charge on any atom is -0.491 e. The minimum absolute atomic E-state index is 0.183. The average Bonchev–Trinajstić information content (AvgIpc) is 2.72. The van der Waals surface area contributed by atoms with Crippen molar-refractivity contribution in [1.29, 1.82) is 0 Å². The SMILES string of the molecule is COc1c(F)c(Br)cc(C2(N)CCCC2)c1F. The molecule has 1 aliphatic rings. The molecule has 94 valence electrons. The summed E-state index contributed by atoms with van der Waals surface area (Å²) in [7, 11) is 1.25. The average molecular weight is 306 g/mol. The number of hydrogen-bond donors (Lipinski definition) is 1. The maximum atomic E-state index is 14.1. The number of nitrogens with two attached hydrogens (primary N) is 1. The molecule has 2 N–H and O–H groups in total. The van der Waals surface area contributed by atoms with Crippen LogP contribution in [0.25, 0.3) is 0 Å². The van der Waals surface area contributed by atoms with Gasteiger partial charge >= 0.3 is 0 Å². The van der Waals surface area contributed by atoms with E-state index in [1.54, 1.807) is 0 Å². The Balaban J connectivity index is 2.58. The first-order valence-electron chi connectivity index (χ1n) is 5.50. The molecule has 1 fully saturated rings. The molecule has 1 aliphatic carbocycles. The first-order chi connectivity index (χ1) is 7.99. The number of rotatable bonds is 2. The van der Waals surface area contributed by atoms with Gasteiger partial charge in [0.2, 0.25) is 0 Å². The van der Waals surface area contributed by atoms with Crippen molar-refractivity contribution in [3.8, 4) is 5.75 Å². The summed E-state index contributed by atoms with van der Waals surface area (Å²) >= 11 is 3.07. The zero-order valence-electron chi connectivity index (χ0n) is 9.53. The maximum Gasteiger partial charge on any atom is 0.191 e. The Morgan fingerprint density at radius 3 is 2.41 bits per heavy atom. The Labute approximate surface area is 107 Å². The fourth-order valence-electron chi connectivity index (χ4n) is 2.40. The van der Waals surface area contributed by atoms with E-state index in [2.05, 4.69) is 15.9 Å². The molecule has 0 radical (unpaired) electrons. The lowest BCUT2D eigenvalue weighted by Crippen LogP contribution is -2.34. The molecule has 0 saturated heterocycles. The second kappa shape index (κ2) is 4.53. The topological polar surface area (TPSA) is 35.2 Å². The molecule has 1 aromatic carbocycles. The van der Waals surface area contributed by atoms with Crippen LogP contribution in [0.3, 0.4) is 0 Å². The van der Waals surface area contributed by atoms with Crippen molar-refractivity contribution >= 4 is 15.9 Å². The van der Waals surface area contributed by atoms with E-state index in [0.717, 1.165) is 12.8 Å². The Hall–Kier alpha value is -0.680. The summed E-state index contributed by atoms with van der Waals surface area (Å²) in [5, 5.41) is 0. The largest absolute Gasteiger partial charge is 0.491 e. The molecule has 0 amide bonds. The third-order valence-electron chi connectivity index (χ3n) is 3.35. The third-order valence-corrected chi connectivity index (χ3v) is 3.93. The summed E-state index contributed by atoms with van der Waals surface area (Å²) in [4.78, 5) is 0. The van der Waals surface area contributed by atoms with Crippen LogP contribution in [0.4, 0.5) is 8.78 Å². The highest BCUT2D eigenvalue weighted by atomic mass is 79.9. The molecule has 0 aliphatic heterocycles. The van der Waals surface area contributed by atoms with Gasteiger partial charge in [-0.2, -0.15) is 0 Å². The van der Waals surface area contributed by atoms with Crippen LogP contribution in [0.15, 0.2) is 10.5 Å². The van der Waals surface area contributed by atoms with Crippen molar-refractivity contribution in [3.05, 3.63) is 27.7 Å². The van der Waals surface area contributed by atoms with E-state index < -0.39 is 17.2 Å². The molecular formula is C12H14BrF2NO. The monoisotopic (exact) mass is 305 g/mol. The van der Waals surface area contributed by atoms with Gasteiger partial charge in [-0.05, 0) is 34.8 Å². The molecule has 0 heterocycles. The summed E-state index contributed by atoms with van der Waals surface area (Å²) in [6.45, 7) is 0. The van der Waals surface area contributed by atoms with Crippen molar-refractivity contribution in [2.45, 2.75) is 31.2 Å². The van der Waals surface area contributed by atoms with Crippen LogP contribution in [0, 0.1) is 11.6 Å². The van der Waals surface area contributed by atoms with Crippen LogP contribution >= 0.6 is 15.9 Å². The highest BCUT2D eigenvalue weighted by Crippen LogP contribution is 2.42. The highest BCUT2D eigenvalue weighted by molar-refractivity contribution is 9.10. The fourth-order valence-corrected chi connectivity index (χ4v) is 2.81. The lowest BCUT2D eigenvalue weighted by atomic mass is 9.88. The van der Waals surface area contributed by atoms with Gasteiger partial charge in [0.15, 0.2) is 17.4 Å². The lowest BCUT2D eigenvalue weighted by Gasteiger charge is -2.26. The number of hydrogen-bond acceptors (Lipinski definition) is 2. The quantitative estimate of drug-likeness (QED) is 0.849. The van der Waals surface area contributed by atoms with E-state index in [0.29, 0.717) is 18.4 Å². The first kappa shape index (κ1) is 12.8. The molecule has 0 atom stereocenters. The van der Waals surface area contributed by atoms with Crippen LogP contribution in [-0.2, 0) is 5.54 Å². The van der Waals surface area contributed by atoms with E-state index in [9.17, 15) is 8.78 Å². The second-order valence-electron chi connectivity index (χ2n) is 4.43. The summed E-state index contributed by atoms with van der Waals surface area (Å²) < 4.78 is 32.7. The first-order valence-corrected chi connectivity index (χ1v) is 6.30. The zero-order valence-corrected chi connectivity index (χ0v) is 11.1. The van der Waals surface area contributed by atoms with Gasteiger partial charge in [0.05, 0.1) is 11.6 Å². The summed E-state index contributed by atoms with van der Waals surface area (Å²) in [5.74, 6) is -1.78. The Kier molecular flexibility index (Phi) is 3.41. The second-order valence-corrected chi connectivity index (χ2v) is 5.28. The lowest BCUT2D eigenvalue weighted by molar-refractivity contribution is 0.344. The van der Waals surface area contributed by atoms with Crippen LogP contribution in [0.5, 0.6) is 5.75 Å². The van der Waals surface area contributed by atoms with Gasteiger partial charge in [-0.1, -0.05) is 12.8 Å². The highest BCUT2D eigenvalue weighted by Gasteiger charge is 2.36.